The van der Waals surface area contributed by atoms with E-state index in [0.29, 0.717) is 5.75 Å². The van der Waals surface area contributed by atoms with Gasteiger partial charge in [-0.2, -0.15) is 0 Å². The van der Waals surface area contributed by atoms with Crippen molar-refractivity contribution in [3.05, 3.63) is 18.0 Å². The van der Waals surface area contributed by atoms with Crippen LogP contribution in [0.1, 0.15) is 12.5 Å². The summed E-state index contributed by atoms with van der Waals surface area (Å²) in [6, 6.07) is 0. The van der Waals surface area contributed by atoms with Gasteiger partial charge in [0, 0.05) is 18.1 Å². The third-order valence-corrected chi connectivity index (χ3v) is 2.33. The molecular formula is C8H12N2OS. The minimum atomic E-state index is -0.306. The molecule has 0 radical (unpaired) electrons. The summed E-state index contributed by atoms with van der Waals surface area (Å²) < 4.78 is 0. The van der Waals surface area contributed by atoms with E-state index in [-0.39, 0.29) is 6.10 Å². The highest BCUT2D eigenvalue weighted by Gasteiger charge is 1.99. The number of hydrogen-bond donors (Lipinski definition) is 1. The van der Waals surface area contributed by atoms with Crippen LogP contribution in [0.5, 0.6) is 0 Å². The fraction of sp³-hybridized carbons (Fsp3) is 0.500. The molecule has 0 amide bonds. The maximum atomic E-state index is 8.99. The van der Waals surface area contributed by atoms with E-state index in [1.165, 1.54) is 11.8 Å². The summed E-state index contributed by atoms with van der Waals surface area (Å²) in [5.41, 5.74) is 1.05. The number of nitrogens with zero attached hydrogens (tertiary/aromatic N) is 2. The molecule has 0 saturated carbocycles. The molecule has 0 aliphatic rings. The predicted molar refractivity (Wildman–Crippen MR) is 49.2 cm³/mol. The standard InChI is InChI=1S/C8H12N2OS/c1-6-3-9-8(10-4-6)12-5-7(2)11/h3-4,7,11H,5H2,1-2H3. The van der Waals surface area contributed by atoms with Gasteiger partial charge in [0.2, 0.25) is 0 Å². The van der Waals surface area contributed by atoms with Gasteiger partial charge in [0.15, 0.2) is 5.16 Å². The quantitative estimate of drug-likeness (QED) is 0.567. The number of hydrogen-bond acceptors (Lipinski definition) is 4. The van der Waals surface area contributed by atoms with Crippen molar-refractivity contribution >= 4 is 11.8 Å². The van der Waals surface area contributed by atoms with Gasteiger partial charge in [-0.25, -0.2) is 9.97 Å². The molecule has 1 atom stereocenters. The molecule has 0 spiro atoms. The second-order valence-electron chi connectivity index (χ2n) is 2.70. The lowest BCUT2D eigenvalue weighted by atomic mass is 10.4. The van der Waals surface area contributed by atoms with E-state index in [9.17, 15) is 0 Å². The van der Waals surface area contributed by atoms with Gasteiger partial charge in [-0.05, 0) is 19.4 Å². The van der Waals surface area contributed by atoms with Crippen LogP contribution in [0.25, 0.3) is 0 Å². The minimum absolute atomic E-state index is 0.306. The van der Waals surface area contributed by atoms with E-state index in [0.717, 1.165) is 10.7 Å². The van der Waals surface area contributed by atoms with Gasteiger partial charge in [-0.3, -0.25) is 0 Å². The molecule has 1 heterocycles. The van der Waals surface area contributed by atoms with Crippen molar-refractivity contribution in [2.24, 2.45) is 0 Å². The fourth-order valence-corrected chi connectivity index (χ4v) is 1.30. The molecular weight excluding hydrogens is 172 g/mol. The molecule has 4 heteroatoms. The summed E-state index contributed by atoms with van der Waals surface area (Å²) in [5.74, 6) is 0.642. The zero-order valence-corrected chi connectivity index (χ0v) is 8.01. The van der Waals surface area contributed by atoms with Crippen LogP contribution in [0.2, 0.25) is 0 Å². The van der Waals surface area contributed by atoms with Crippen LogP contribution >= 0.6 is 11.8 Å². The molecule has 0 aliphatic carbocycles. The maximum absolute atomic E-state index is 8.99. The number of thioether (sulfide) groups is 1. The van der Waals surface area contributed by atoms with Crippen LogP contribution in [-0.4, -0.2) is 26.9 Å². The van der Waals surface area contributed by atoms with Crippen molar-refractivity contribution in [3.63, 3.8) is 0 Å². The molecule has 0 bridgehead atoms. The largest absolute Gasteiger partial charge is 0.393 e. The van der Waals surface area contributed by atoms with Gasteiger partial charge in [-0.15, -0.1) is 0 Å². The lowest BCUT2D eigenvalue weighted by molar-refractivity contribution is 0.220. The van der Waals surface area contributed by atoms with Crippen molar-refractivity contribution in [2.75, 3.05) is 5.75 Å². The summed E-state index contributed by atoms with van der Waals surface area (Å²) in [6.07, 6.45) is 3.24. The Kier molecular flexibility index (Phi) is 3.49. The maximum Gasteiger partial charge on any atom is 0.187 e. The van der Waals surface area contributed by atoms with Crippen LogP contribution in [0.3, 0.4) is 0 Å². The third kappa shape index (κ3) is 3.19. The first kappa shape index (κ1) is 9.48. The van der Waals surface area contributed by atoms with Crippen molar-refractivity contribution < 1.29 is 5.11 Å². The zero-order chi connectivity index (χ0) is 8.97. The van der Waals surface area contributed by atoms with Gasteiger partial charge in [-0.1, -0.05) is 11.8 Å². The average Bonchev–Trinajstić information content (AvgIpc) is 2.03. The van der Waals surface area contributed by atoms with Crippen molar-refractivity contribution in [2.45, 2.75) is 25.1 Å². The summed E-state index contributed by atoms with van der Waals surface area (Å²) >= 11 is 1.46. The second-order valence-corrected chi connectivity index (χ2v) is 3.69. The van der Waals surface area contributed by atoms with Gasteiger partial charge < -0.3 is 5.11 Å². The first-order chi connectivity index (χ1) is 5.68. The minimum Gasteiger partial charge on any atom is -0.393 e. The van der Waals surface area contributed by atoms with Crippen molar-refractivity contribution in [1.29, 1.82) is 0 Å². The van der Waals surface area contributed by atoms with Crippen LogP contribution in [-0.2, 0) is 0 Å². The highest BCUT2D eigenvalue weighted by molar-refractivity contribution is 7.99. The van der Waals surface area contributed by atoms with Crippen LogP contribution in [0.15, 0.2) is 17.6 Å². The molecule has 3 nitrogen and oxygen atoms in total. The Hall–Kier alpha value is -0.610. The molecule has 1 unspecified atom stereocenters. The van der Waals surface area contributed by atoms with E-state index >= 15 is 0 Å². The highest BCUT2D eigenvalue weighted by Crippen LogP contribution is 2.12. The molecule has 1 aromatic heterocycles. The summed E-state index contributed by atoms with van der Waals surface area (Å²) in [5, 5.41) is 9.72. The predicted octanol–water partition coefficient (Wildman–Crippen LogP) is 1.26. The van der Waals surface area contributed by atoms with Gasteiger partial charge in [0.25, 0.3) is 0 Å². The average molecular weight is 184 g/mol. The summed E-state index contributed by atoms with van der Waals surface area (Å²) in [7, 11) is 0. The van der Waals surface area contributed by atoms with Gasteiger partial charge >= 0.3 is 0 Å². The monoisotopic (exact) mass is 184 g/mol. The Morgan fingerprint density at radius 2 is 2.08 bits per heavy atom. The van der Waals surface area contributed by atoms with E-state index in [4.69, 9.17) is 5.11 Å². The number of aliphatic hydroxyl groups excluding tert-OH is 1. The van der Waals surface area contributed by atoms with Crippen molar-refractivity contribution in [1.82, 2.24) is 9.97 Å². The molecule has 66 valence electrons. The van der Waals surface area contributed by atoms with E-state index < -0.39 is 0 Å². The molecule has 0 fully saturated rings. The number of rotatable bonds is 3. The van der Waals surface area contributed by atoms with Crippen molar-refractivity contribution in [3.8, 4) is 0 Å². The van der Waals surface area contributed by atoms with Crippen LogP contribution in [0.4, 0.5) is 0 Å². The number of aryl methyl sites for hydroxylation is 1. The second kappa shape index (κ2) is 4.42. The van der Waals surface area contributed by atoms with Crippen LogP contribution in [0, 0.1) is 6.92 Å². The Morgan fingerprint density at radius 1 is 1.50 bits per heavy atom. The SMILES string of the molecule is Cc1cnc(SCC(C)O)nc1. The van der Waals surface area contributed by atoms with E-state index in [1.807, 2.05) is 6.92 Å². The normalized spacial score (nSPS) is 12.9. The third-order valence-electron chi connectivity index (χ3n) is 1.21. The molecule has 0 aromatic carbocycles. The lowest BCUT2D eigenvalue weighted by Crippen LogP contribution is -2.03. The summed E-state index contributed by atoms with van der Waals surface area (Å²) in [6.45, 7) is 3.70. The van der Waals surface area contributed by atoms with E-state index in [2.05, 4.69) is 9.97 Å². The molecule has 1 aromatic rings. The Bertz CT molecular complexity index is 235. The highest BCUT2D eigenvalue weighted by atomic mass is 32.2. The Morgan fingerprint density at radius 3 is 2.58 bits per heavy atom. The topological polar surface area (TPSA) is 46.0 Å². The smallest absolute Gasteiger partial charge is 0.187 e. The lowest BCUT2D eigenvalue weighted by Gasteiger charge is -2.01. The number of aromatic nitrogens is 2. The Labute approximate surface area is 76.2 Å². The zero-order valence-electron chi connectivity index (χ0n) is 7.19. The molecule has 0 saturated heterocycles. The van der Waals surface area contributed by atoms with Gasteiger partial charge in [0.05, 0.1) is 6.10 Å². The summed E-state index contributed by atoms with van der Waals surface area (Å²) in [4.78, 5) is 8.18. The first-order valence-electron chi connectivity index (χ1n) is 3.78. The van der Waals surface area contributed by atoms with E-state index in [1.54, 1.807) is 19.3 Å². The number of aliphatic hydroxyl groups is 1. The fourth-order valence-electron chi connectivity index (χ4n) is 0.650. The molecule has 1 N–H and O–H groups in total. The molecule has 12 heavy (non-hydrogen) atoms. The molecule has 0 aliphatic heterocycles. The molecule has 1 rings (SSSR count). The van der Waals surface area contributed by atoms with Gasteiger partial charge in [0.1, 0.15) is 0 Å². The van der Waals surface area contributed by atoms with Crippen LogP contribution < -0.4 is 0 Å². The first-order valence-corrected chi connectivity index (χ1v) is 4.76. The Balaban J connectivity index is 2.48.